The van der Waals surface area contributed by atoms with E-state index in [1.807, 2.05) is 57.4 Å². The molecule has 188 valence electrons. The first-order chi connectivity index (χ1) is 15.8. The summed E-state index contributed by atoms with van der Waals surface area (Å²) in [4.78, 5) is 30.4. The number of aliphatic hydroxyl groups excluding tert-OH is 2. The summed E-state index contributed by atoms with van der Waals surface area (Å²) < 4.78 is 5.79. The molecule has 5 atom stereocenters. The number of aliphatic hydroxyl groups is 2. The summed E-state index contributed by atoms with van der Waals surface area (Å²) >= 11 is 1.56. The van der Waals surface area contributed by atoms with E-state index in [-0.39, 0.29) is 18.1 Å². The number of carbonyl (C=O) groups is 2. The number of hydrogen-bond donors (Lipinski definition) is 2. The van der Waals surface area contributed by atoms with Gasteiger partial charge in [0.2, 0.25) is 0 Å². The number of cyclic esters (lactones) is 1. The number of hydrogen-bond acceptors (Lipinski definition) is 7. The second-order valence-corrected chi connectivity index (χ2v) is 11.1. The highest BCUT2D eigenvalue weighted by Crippen LogP contribution is 2.31. The van der Waals surface area contributed by atoms with Crippen LogP contribution in [0.15, 0.2) is 34.8 Å². The second-order valence-electron chi connectivity index (χ2n) is 10.0. The predicted molar refractivity (Wildman–Crippen MR) is 136 cm³/mol. The molecule has 6 nitrogen and oxygen atoms in total. The molecule has 0 aliphatic carbocycles. The van der Waals surface area contributed by atoms with Crippen molar-refractivity contribution >= 4 is 29.2 Å². The molecule has 7 heteroatoms. The molecule has 0 radical (unpaired) electrons. The number of ether oxygens (including phenoxy) is 1. The Bertz CT molecular complexity index is 958. The largest absolute Gasteiger partial charge is 0.457 e. The van der Waals surface area contributed by atoms with E-state index in [0.717, 1.165) is 21.8 Å². The van der Waals surface area contributed by atoms with Gasteiger partial charge in [-0.1, -0.05) is 51.5 Å². The molecule has 0 aromatic carbocycles. The Morgan fingerprint density at radius 1 is 1.24 bits per heavy atom. The van der Waals surface area contributed by atoms with Gasteiger partial charge in [0, 0.05) is 23.6 Å². The Kier molecular flexibility index (Phi) is 9.97. The normalized spacial score (nSPS) is 32.6. The maximum absolute atomic E-state index is 13.1. The standard InChI is InChI=1S/C27H39NO5S/c1-16-9-8-10-17(2)25(31)19(4)26(32)27(6,7)23(29)14-24(30)33-22(12-11-16)18(3)13-21-15-34-20(5)28-21/h8,10-11,13,15,17,19,22-23,25,29,31H,9,12,14H2,1-7H3/b10-8-,16-11+,18-13+/t17-,19+,22-,23-,25-/m0/s1. The van der Waals surface area contributed by atoms with E-state index in [2.05, 4.69) is 4.98 Å². The molecule has 0 saturated carbocycles. The zero-order valence-corrected chi connectivity index (χ0v) is 22.2. The first kappa shape index (κ1) is 28.1. The molecule has 0 fully saturated rings. The van der Waals surface area contributed by atoms with E-state index in [4.69, 9.17) is 4.74 Å². The molecule has 1 aliphatic rings. The van der Waals surface area contributed by atoms with Gasteiger partial charge in [0.15, 0.2) is 0 Å². The van der Waals surface area contributed by atoms with E-state index in [9.17, 15) is 19.8 Å². The number of carbonyl (C=O) groups excluding carboxylic acids is 2. The highest BCUT2D eigenvalue weighted by atomic mass is 32.1. The lowest BCUT2D eigenvalue weighted by Gasteiger charge is -2.34. The Morgan fingerprint density at radius 2 is 1.91 bits per heavy atom. The van der Waals surface area contributed by atoms with Crippen LogP contribution in [0.4, 0.5) is 0 Å². The molecule has 0 unspecified atom stereocenters. The molecule has 1 aromatic rings. The molecular weight excluding hydrogens is 450 g/mol. The average Bonchev–Trinajstić information content (AvgIpc) is 3.18. The van der Waals surface area contributed by atoms with E-state index in [0.29, 0.717) is 12.8 Å². The van der Waals surface area contributed by atoms with E-state index in [1.165, 1.54) is 0 Å². The van der Waals surface area contributed by atoms with Gasteiger partial charge < -0.3 is 14.9 Å². The van der Waals surface area contributed by atoms with Crippen LogP contribution in [0.3, 0.4) is 0 Å². The number of nitrogens with zero attached hydrogens (tertiary/aromatic N) is 1. The Labute approximate surface area is 207 Å². The van der Waals surface area contributed by atoms with E-state index < -0.39 is 35.6 Å². The number of aromatic nitrogens is 1. The zero-order chi connectivity index (χ0) is 25.6. The van der Waals surface area contributed by atoms with Crippen LogP contribution in [0.1, 0.15) is 71.5 Å². The summed E-state index contributed by atoms with van der Waals surface area (Å²) in [6.45, 7) is 12.6. The number of rotatable bonds is 2. The molecule has 0 amide bonds. The minimum Gasteiger partial charge on any atom is -0.457 e. The SMILES string of the molecule is C/C1=C\C[C@@H](/C(C)=C/c2csc(C)n2)OC(=O)C[C@H](O)C(C)(C)C(=O)[C@H](C)[C@@H](O)[C@@H](C)/C=C\C1. The topological polar surface area (TPSA) is 96.7 Å². The third-order valence-corrected chi connectivity index (χ3v) is 7.44. The maximum atomic E-state index is 13.1. The molecule has 2 heterocycles. The fourth-order valence-electron chi connectivity index (χ4n) is 4.05. The maximum Gasteiger partial charge on any atom is 0.309 e. The lowest BCUT2D eigenvalue weighted by atomic mass is 9.73. The van der Waals surface area contributed by atoms with Gasteiger partial charge in [0.25, 0.3) is 0 Å². The summed E-state index contributed by atoms with van der Waals surface area (Å²) in [5.74, 6) is -1.77. The number of aryl methyl sites for hydroxylation is 1. The molecule has 0 spiro atoms. The van der Waals surface area contributed by atoms with Crippen LogP contribution in [0, 0.1) is 24.2 Å². The Balaban J connectivity index is 2.37. The van der Waals surface area contributed by atoms with Crippen LogP contribution in [0.2, 0.25) is 0 Å². The Morgan fingerprint density at radius 3 is 2.53 bits per heavy atom. The fourth-order valence-corrected chi connectivity index (χ4v) is 4.62. The summed E-state index contributed by atoms with van der Waals surface area (Å²) in [5.41, 5.74) is 1.57. The summed E-state index contributed by atoms with van der Waals surface area (Å²) in [6.07, 6.45) is 6.13. The van der Waals surface area contributed by atoms with Crippen molar-refractivity contribution < 1.29 is 24.5 Å². The smallest absolute Gasteiger partial charge is 0.309 e. The molecule has 0 bridgehead atoms. The van der Waals surface area contributed by atoms with Crippen molar-refractivity contribution in [2.45, 2.75) is 86.0 Å². The Hall–Kier alpha value is -2.09. The molecule has 1 aliphatic heterocycles. The van der Waals surface area contributed by atoms with Gasteiger partial charge in [-0.25, -0.2) is 4.98 Å². The molecule has 2 N–H and O–H groups in total. The summed E-state index contributed by atoms with van der Waals surface area (Å²) in [5, 5.41) is 24.4. The number of esters is 1. The number of allylic oxidation sites excluding steroid dienone is 2. The monoisotopic (exact) mass is 489 g/mol. The highest BCUT2D eigenvalue weighted by molar-refractivity contribution is 7.09. The third kappa shape index (κ3) is 7.45. The van der Waals surface area contributed by atoms with Gasteiger partial charge in [-0.3, -0.25) is 9.59 Å². The number of ketones is 1. The first-order valence-corrected chi connectivity index (χ1v) is 12.7. The van der Waals surface area contributed by atoms with Crippen LogP contribution in [0.25, 0.3) is 6.08 Å². The van der Waals surface area contributed by atoms with Crippen molar-refractivity contribution in [3.63, 3.8) is 0 Å². The average molecular weight is 490 g/mol. The lowest BCUT2D eigenvalue weighted by molar-refractivity contribution is -0.154. The summed E-state index contributed by atoms with van der Waals surface area (Å²) in [7, 11) is 0. The molecule has 1 aromatic heterocycles. The van der Waals surface area contributed by atoms with Gasteiger partial charge in [0.05, 0.1) is 34.7 Å². The first-order valence-electron chi connectivity index (χ1n) is 11.9. The van der Waals surface area contributed by atoms with E-state index in [1.54, 1.807) is 32.1 Å². The van der Waals surface area contributed by atoms with Crippen LogP contribution in [-0.4, -0.2) is 45.3 Å². The minimum atomic E-state index is -1.23. The lowest BCUT2D eigenvalue weighted by Crippen LogP contribution is -2.45. The van der Waals surface area contributed by atoms with E-state index >= 15 is 0 Å². The summed E-state index contributed by atoms with van der Waals surface area (Å²) in [6, 6.07) is 0. The van der Waals surface area contributed by atoms with Crippen molar-refractivity contribution in [3.8, 4) is 0 Å². The van der Waals surface area contributed by atoms with Crippen molar-refractivity contribution in [1.29, 1.82) is 0 Å². The quantitative estimate of drug-likeness (QED) is 0.446. The predicted octanol–water partition coefficient (Wildman–Crippen LogP) is 5.04. The van der Waals surface area contributed by atoms with Crippen molar-refractivity contribution in [2.75, 3.05) is 0 Å². The van der Waals surface area contributed by atoms with Crippen molar-refractivity contribution in [2.24, 2.45) is 17.3 Å². The van der Waals surface area contributed by atoms with Gasteiger partial charge in [0.1, 0.15) is 11.9 Å². The molecule has 2 rings (SSSR count). The fraction of sp³-hybridized carbons (Fsp3) is 0.593. The zero-order valence-electron chi connectivity index (χ0n) is 21.4. The second kappa shape index (κ2) is 12.0. The van der Waals surface area contributed by atoms with Gasteiger partial charge in [-0.2, -0.15) is 0 Å². The molecule has 34 heavy (non-hydrogen) atoms. The molecule has 0 saturated heterocycles. The molecular formula is C27H39NO5S. The van der Waals surface area contributed by atoms with Gasteiger partial charge in [-0.05, 0) is 38.8 Å². The number of thiazole rings is 1. The van der Waals surface area contributed by atoms with Crippen LogP contribution in [-0.2, 0) is 14.3 Å². The number of Topliss-reactive ketones (excluding diaryl/α,β-unsaturated/α-hetero) is 1. The minimum absolute atomic E-state index is 0.225. The van der Waals surface area contributed by atoms with Crippen molar-refractivity contribution in [1.82, 2.24) is 4.98 Å². The van der Waals surface area contributed by atoms with Gasteiger partial charge >= 0.3 is 5.97 Å². The van der Waals surface area contributed by atoms with Crippen LogP contribution in [0.5, 0.6) is 0 Å². The van der Waals surface area contributed by atoms with Crippen LogP contribution >= 0.6 is 11.3 Å². The third-order valence-electron chi connectivity index (χ3n) is 6.65. The highest BCUT2D eigenvalue weighted by Gasteiger charge is 2.42. The van der Waals surface area contributed by atoms with Gasteiger partial charge in [-0.15, -0.1) is 11.3 Å². The van der Waals surface area contributed by atoms with Crippen LogP contribution < -0.4 is 0 Å². The van der Waals surface area contributed by atoms with Crippen molar-refractivity contribution in [3.05, 3.63) is 45.5 Å².